The monoisotopic (exact) mass is 290 g/mol. The van der Waals surface area contributed by atoms with Crippen molar-refractivity contribution in [2.24, 2.45) is 0 Å². The number of nitrogens with one attached hydrogen (secondary N) is 1. The van der Waals surface area contributed by atoms with Crippen LogP contribution < -0.4 is 10.1 Å². The Morgan fingerprint density at radius 3 is 2.71 bits per heavy atom. The molecule has 1 saturated carbocycles. The van der Waals surface area contributed by atoms with Crippen molar-refractivity contribution in [1.82, 2.24) is 5.32 Å². The minimum absolute atomic E-state index is 0.0599. The molecule has 5 heteroatoms. The summed E-state index contributed by atoms with van der Waals surface area (Å²) in [5.41, 5.74) is -0.185. The van der Waals surface area contributed by atoms with Crippen LogP contribution in [-0.2, 0) is 11.2 Å². The molecule has 21 heavy (non-hydrogen) atoms. The maximum atomic E-state index is 13.6. The van der Waals surface area contributed by atoms with Crippen molar-refractivity contribution in [3.63, 3.8) is 0 Å². The van der Waals surface area contributed by atoms with Gasteiger partial charge >= 0.3 is 0 Å². The number of amides is 1. The number of methoxy groups -OCH3 is 1. The predicted molar refractivity (Wildman–Crippen MR) is 76.2 cm³/mol. The van der Waals surface area contributed by atoms with Crippen LogP contribution in [0.15, 0.2) is 18.2 Å². The lowest BCUT2D eigenvalue weighted by atomic mass is 9.82. The molecule has 0 bridgehead atoms. The van der Waals surface area contributed by atoms with Gasteiger partial charge < -0.3 is 10.1 Å². The second-order valence-electron chi connectivity index (χ2n) is 5.45. The minimum atomic E-state index is -0.750. The van der Waals surface area contributed by atoms with E-state index in [1.165, 1.54) is 19.2 Å². The van der Waals surface area contributed by atoms with E-state index in [-0.39, 0.29) is 18.1 Å². The van der Waals surface area contributed by atoms with Gasteiger partial charge in [0.15, 0.2) is 11.6 Å². The summed E-state index contributed by atoms with van der Waals surface area (Å²) in [6.07, 6.45) is 4.43. The predicted octanol–water partition coefficient (Wildman–Crippen LogP) is 2.72. The summed E-state index contributed by atoms with van der Waals surface area (Å²) in [6.45, 7) is 0. The normalized spacial score (nSPS) is 16.8. The second-order valence-corrected chi connectivity index (χ2v) is 5.45. The third-order valence-corrected chi connectivity index (χ3v) is 3.88. The molecule has 1 amide bonds. The first-order chi connectivity index (χ1) is 10.1. The van der Waals surface area contributed by atoms with Gasteiger partial charge in [-0.25, -0.2) is 4.39 Å². The molecule has 4 nitrogen and oxygen atoms in total. The van der Waals surface area contributed by atoms with Crippen LogP contribution in [0, 0.1) is 17.1 Å². The minimum Gasteiger partial charge on any atom is -0.494 e. The molecule has 0 aromatic heterocycles. The van der Waals surface area contributed by atoms with Crippen LogP contribution in [0.4, 0.5) is 4.39 Å². The lowest BCUT2D eigenvalue weighted by Gasteiger charge is -2.31. The molecule has 1 aliphatic rings. The molecule has 0 radical (unpaired) electrons. The third-order valence-electron chi connectivity index (χ3n) is 3.88. The number of carbonyl (C=O) groups excluding carboxylic acids is 1. The number of halogens is 1. The molecule has 1 aliphatic carbocycles. The van der Waals surface area contributed by atoms with Crippen LogP contribution >= 0.6 is 0 Å². The molecule has 112 valence electrons. The lowest BCUT2D eigenvalue weighted by Crippen LogP contribution is -2.49. The van der Waals surface area contributed by atoms with E-state index in [0.717, 1.165) is 19.3 Å². The number of nitriles is 1. The van der Waals surface area contributed by atoms with E-state index in [2.05, 4.69) is 11.4 Å². The number of ether oxygens (including phenoxy) is 1. The standard InChI is InChI=1S/C16H19FN2O2/c1-21-14-6-5-12(9-13(14)17)10-15(20)19-16(11-18)7-3-2-4-8-16/h5-6,9H,2-4,7-8,10H2,1H3,(H,19,20). The Kier molecular flexibility index (Phi) is 4.79. The maximum Gasteiger partial charge on any atom is 0.225 e. The van der Waals surface area contributed by atoms with Gasteiger partial charge in [-0.3, -0.25) is 4.79 Å². The smallest absolute Gasteiger partial charge is 0.225 e. The van der Waals surface area contributed by atoms with Crippen molar-refractivity contribution in [2.45, 2.75) is 44.1 Å². The second kappa shape index (κ2) is 6.57. The van der Waals surface area contributed by atoms with Crippen molar-refractivity contribution in [3.8, 4) is 11.8 Å². The van der Waals surface area contributed by atoms with Gasteiger partial charge in [0.25, 0.3) is 0 Å². The van der Waals surface area contributed by atoms with E-state index in [0.29, 0.717) is 18.4 Å². The van der Waals surface area contributed by atoms with Crippen molar-refractivity contribution in [1.29, 1.82) is 5.26 Å². The first kappa shape index (κ1) is 15.3. The fourth-order valence-electron chi connectivity index (χ4n) is 2.74. The highest BCUT2D eigenvalue weighted by Crippen LogP contribution is 2.27. The number of hydrogen-bond acceptors (Lipinski definition) is 3. The topological polar surface area (TPSA) is 62.1 Å². The van der Waals surface area contributed by atoms with Gasteiger partial charge in [-0.1, -0.05) is 25.3 Å². The van der Waals surface area contributed by atoms with Crippen LogP contribution in [0.5, 0.6) is 5.75 Å². The van der Waals surface area contributed by atoms with E-state index in [1.807, 2.05) is 0 Å². The largest absolute Gasteiger partial charge is 0.494 e. The van der Waals surface area contributed by atoms with Crippen molar-refractivity contribution >= 4 is 5.91 Å². The molecular formula is C16H19FN2O2. The average molecular weight is 290 g/mol. The summed E-state index contributed by atoms with van der Waals surface area (Å²) in [5.74, 6) is -0.585. The average Bonchev–Trinajstić information content (AvgIpc) is 2.48. The summed E-state index contributed by atoms with van der Waals surface area (Å²) >= 11 is 0. The summed E-state index contributed by atoms with van der Waals surface area (Å²) < 4.78 is 18.4. The van der Waals surface area contributed by atoms with Gasteiger partial charge in [-0.05, 0) is 30.5 Å². The van der Waals surface area contributed by atoms with E-state index >= 15 is 0 Å². The first-order valence-corrected chi connectivity index (χ1v) is 7.13. The van der Waals surface area contributed by atoms with Gasteiger partial charge in [-0.15, -0.1) is 0 Å². The summed E-state index contributed by atoms with van der Waals surface area (Å²) in [4.78, 5) is 12.1. The summed E-state index contributed by atoms with van der Waals surface area (Å²) in [6, 6.07) is 6.68. The maximum absolute atomic E-state index is 13.6. The lowest BCUT2D eigenvalue weighted by molar-refractivity contribution is -0.122. The Bertz CT molecular complexity index is 560. The Balaban J connectivity index is 2.01. The van der Waals surface area contributed by atoms with Gasteiger partial charge in [0.05, 0.1) is 19.6 Å². The SMILES string of the molecule is COc1ccc(CC(=O)NC2(C#N)CCCCC2)cc1F. The van der Waals surface area contributed by atoms with Gasteiger partial charge in [-0.2, -0.15) is 5.26 Å². The van der Waals surface area contributed by atoms with Crippen molar-refractivity contribution in [3.05, 3.63) is 29.6 Å². The van der Waals surface area contributed by atoms with Crippen LogP contribution in [0.3, 0.4) is 0 Å². The molecule has 1 N–H and O–H groups in total. The Labute approximate surface area is 123 Å². The van der Waals surface area contributed by atoms with E-state index in [4.69, 9.17) is 4.74 Å². The molecule has 1 aromatic carbocycles. The molecule has 0 unspecified atom stereocenters. The zero-order valence-electron chi connectivity index (χ0n) is 12.1. The molecule has 2 rings (SSSR count). The fraction of sp³-hybridized carbons (Fsp3) is 0.500. The molecule has 1 aromatic rings. The molecule has 0 aliphatic heterocycles. The van der Waals surface area contributed by atoms with Gasteiger partial charge in [0.1, 0.15) is 5.54 Å². The van der Waals surface area contributed by atoms with Crippen LogP contribution in [-0.4, -0.2) is 18.6 Å². The molecule has 0 atom stereocenters. The zero-order valence-corrected chi connectivity index (χ0v) is 12.1. The number of hydrogen-bond donors (Lipinski definition) is 1. The number of carbonyl (C=O) groups is 1. The molecule has 0 saturated heterocycles. The van der Waals surface area contributed by atoms with E-state index in [9.17, 15) is 14.4 Å². The van der Waals surface area contributed by atoms with Crippen LogP contribution in [0.2, 0.25) is 0 Å². The van der Waals surface area contributed by atoms with Crippen molar-refractivity contribution < 1.29 is 13.9 Å². The highest BCUT2D eigenvalue weighted by molar-refractivity contribution is 5.79. The summed E-state index contributed by atoms with van der Waals surface area (Å²) in [7, 11) is 1.39. The third kappa shape index (κ3) is 3.72. The molecular weight excluding hydrogens is 271 g/mol. The number of benzene rings is 1. The van der Waals surface area contributed by atoms with Crippen LogP contribution in [0.25, 0.3) is 0 Å². The summed E-state index contributed by atoms with van der Waals surface area (Å²) in [5, 5.41) is 12.2. The Morgan fingerprint density at radius 2 is 2.14 bits per heavy atom. The Morgan fingerprint density at radius 1 is 1.43 bits per heavy atom. The Hall–Kier alpha value is -2.09. The zero-order chi connectivity index (χ0) is 15.3. The van der Waals surface area contributed by atoms with E-state index in [1.54, 1.807) is 6.07 Å². The highest BCUT2D eigenvalue weighted by Gasteiger charge is 2.33. The molecule has 1 fully saturated rings. The first-order valence-electron chi connectivity index (χ1n) is 7.13. The highest BCUT2D eigenvalue weighted by atomic mass is 19.1. The van der Waals surface area contributed by atoms with E-state index < -0.39 is 11.4 Å². The number of rotatable bonds is 4. The van der Waals surface area contributed by atoms with Crippen molar-refractivity contribution in [2.75, 3.05) is 7.11 Å². The molecule has 0 heterocycles. The van der Waals surface area contributed by atoms with Gasteiger partial charge in [0.2, 0.25) is 5.91 Å². The fourth-order valence-corrected chi connectivity index (χ4v) is 2.74. The molecule has 0 spiro atoms. The quantitative estimate of drug-likeness (QED) is 0.927. The van der Waals surface area contributed by atoms with Crippen LogP contribution in [0.1, 0.15) is 37.7 Å². The van der Waals surface area contributed by atoms with Gasteiger partial charge in [0, 0.05) is 0 Å². The number of nitrogens with zero attached hydrogens (tertiary/aromatic N) is 1.